The summed E-state index contributed by atoms with van der Waals surface area (Å²) < 4.78 is 13.2. The van der Waals surface area contributed by atoms with Gasteiger partial charge in [0, 0.05) is 0 Å². The van der Waals surface area contributed by atoms with E-state index in [-0.39, 0.29) is 16.7 Å². The SMILES string of the molecule is Nc1nc(-c2[nH]nc3ncc(F)cc23)ncc1Cl. The summed E-state index contributed by atoms with van der Waals surface area (Å²) in [4.78, 5) is 11.9. The number of aromatic nitrogens is 5. The van der Waals surface area contributed by atoms with Crippen molar-refractivity contribution in [2.45, 2.75) is 0 Å². The van der Waals surface area contributed by atoms with Gasteiger partial charge in [-0.3, -0.25) is 5.10 Å². The molecule has 0 aliphatic carbocycles. The van der Waals surface area contributed by atoms with E-state index >= 15 is 0 Å². The maximum atomic E-state index is 13.2. The van der Waals surface area contributed by atoms with Gasteiger partial charge < -0.3 is 5.73 Å². The predicted molar refractivity (Wildman–Crippen MR) is 64.3 cm³/mol. The van der Waals surface area contributed by atoms with Crippen LogP contribution in [0, 0.1) is 5.82 Å². The highest BCUT2D eigenvalue weighted by Gasteiger charge is 2.13. The Balaban J connectivity index is 2.24. The highest BCUT2D eigenvalue weighted by molar-refractivity contribution is 6.32. The van der Waals surface area contributed by atoms with E-state index in [9.17, 15) is 4.39 Å². The highest BCUT2D eigenvalue weighted by Crippen LogP contribution is 2.25. The third-order valence-corrected chi connectivity index (χ3v) is 2.66. The summed E-state index contributed by atoms with van der Waals surface area (Å²) in [6.07, 6.45) is 2.46. The quantitative estimate of drug-likeness (QED) is 0.699. The van der Waals surface area contributed by atoms with Gasteiger partial charge in [-0.1, -0.05) is 11.6 Å². The minimum atomic E-state index is -0.466. The molecular weight excluding hydrogens is 259 g/mol. The number of H-pyrrole nitrogens is 1. The molecule has 0 saturated heterocycles. The van der Waals surface area contributed by atoms with Gasteiger partial charge in [-0.2, -0.15) is 5.10 Å². The number of aromatic amines is 1. The van der Waals surface area contributed by atoms with Crippen molar-refractivity contribution in [2.24, 2.45) is 0 Å². The second-order valence-electron chi connectivity index (χ2n) is 3.55. The maximum absolute atomic E-state index is 13.2. The van der Waals surface area contributed by atoms with Crippen LogP contribution in [0.25, 0.3) is 22.6 Å². The number of rotatable bonds is 1. The Morgan fingerprint density at radius 2 is 2.11 bits per heavy atom. The van der Waals surface area contributed by atoms with E-state index < -0.39 is 5.82 Å². The van der Waals surface area contributed by atoms with Gasteiger partial charge in [0.05, 0.1) is 17.8 Å². The molecule has 0 saturated carbocycles. The first-order valence-corrected chi connectivity index (χ1v) is 5.31. The molecule has 3 aromatic rings. The summed E-state index contributed by atoms with van der Waals surface area (Å²) >= 11 is 5.74. The van der Waals surface area contributed by atoms with Gasteiger partial charge in [-0.05, 0) is 6.07 Å². The van der Waals surface area contributed by atoms with Crippen LogP contribution < -0.4 is 5.73 Å². The molecule has 0 bridgehead atoms. The molecule has 3 aromatic heterocycles. The molecule has 8 heteroatoms. The fourth-order valence-electron chi connectivity index (χ4n) is 1.55. The average molecular weight is 265 g/mol. The molecule has 0 atom stereocenters. The Morgan fingerprint density at radius 1 is 1.28 bits per heavy atom. The van der Waals surface area contributed by atoms with Gasteiger partial charge in [0.2, 0.25) is 0 Å². The van der Waals surface area contributed by atoms with Crippen LogP contribution in [0.5, 0.6) is 0 Å². The molecule has 0 fully saturated rings. The van der Waals surface area contributed by atoms with E-state index in [1.165, 1.54) is 12.3 Å². The van der Waals surface area contributed by atoms with Crippen LogP contribution in [0.15, 0.2) is 18.5 Å². The molecule has 0 aliphatic rings. The number of nitrogens with one attached hydrogen (secondary N) is 1. The van der Waals surface area contributed by atoms with Crippen molar-refractivity contribution in [3.8, 4) is 11.5 Å². The lowest BCUT2D eigenvalue weighted by atomic mass is 10.2. The van der Waals surface area contributed by atoms with Crippen molar-refractivity contribution in [1.29, 1.82) is 0 Å². The van der Waals surface area contributed by atoms with E-state index in [0.29, 0.717) is 16.7 Å². The summed E-state index contributed by atoms with van der Waals surface area (Å²) in [6, 6.07) is 1.30. The average Bonchev–Trinajstić information content (AvgIpc) is 2.75. The largest absolute Gasteiger partial charge is 0.382 e. The Bertz CT molecular complexity index is 740. The van der Waals surface area contributed by atoms with E-state index in [4.69, 9.17) is 17.3 Å². The van der Waals surface area contributed by atoms with Crippen molar-refractivity contribution < 1.29 is 4.39 Å². The Kier molecular flexibility index (Phi) is 2.34. The Hall–Kier alpha value is -2.28. The van der Waals surface area contributed by atoms with Crippen LogP contribution in [0.4, 0.5) is 10.2 Å². The number of halogens is 2. The molecule has 0 aromatic carbocycles. The lowest BCUT2D eigenvalue weighted by Crippen LogP contribution is -1.96. The number of hydrogen-bond acceptors (Lipinski definition) is 5. The first-order chi connectivity index (χ1) is 8.65. The molecule has 6 nitrogen and oxygen atoms in total. The first-order valence-electron chi connectivity index (χ1n) is 4.93. The second kappa shape index (κ2) is 3.88. The van der Waals surface area contributed by atoms with Gasteiger partial charge in [-0.25, -0.2) is 19.3 Å². The molecule has 3 rings (SSSR count). The summed E-state index contributed by atoms with van der Waals surface area (Å²) in [5.41, 5.74) is 6.42. The molecule has 18 heavy (non-hydrogen) atoms. The third kappa shape index (κ3) is 1.65. The van der Waals surface area contributed by atoms with Crippen LogP contribution in [-0.4, -0.2) is 25.1 Å². The minimum Gasteiger partial charge on any atom is -0.382 e. The number of pyridine rings is 1. The number of nitrogens with two attached hydrogens (primary N) is 1. The van der Waals surface area contributed by atoms with E-state index in [1.54, 1.807) is 0 Å². The number of hydrogen-bond donors (Lipinski definition) is 2. The molecular formula is C10H6ClFN6. The fraction of sp³-hybridized carbons (Fsp3) is 0. The zero-order chi connectivity index (χ0) is 12.7. The molecule has 0 spiro atoms. The molecule has 3 N–H and O–H groups in total. The smallest absolute Gasteiger partial charge is 0.181 e. The van der Waals surface area contributed by atoms with Crippen LogP contribution in [0.1, 0.15) is 0 Å². The molecule has 0 amide bonds. The van der Waals surface area contributed by atoms with Gasteiger partial charge in [0.1, 0.15) is 22.4 Å². The standard InChI is InChI=1S/C10H6ClFN6/c11-6-3-15-10(16-8(6)13)7-5-1-4(12)2-14-9(5)18-17-7/h1-3H,(H2,13,15,16)(H,14,17,18). The number of nitrogens with zero attached hydrogens (tertiary/aromatic N) is 4. The zero-order valence-corrected chi connectivity index (χ0v) is 9.61. The van der Waals surface area contributed by atoms with E-state index in [2.05, 4.69) is 25.1 Å². The Morgan fingerprint density at radius 3 is 2.89 bits per heavy atom. The van der Waals surface area contributed by atoms with Crippen molar-refractivity contribution in [3.63, 3.8) is 0 Å². The Labute approximate surface area is 105 Å². The number of nitrogen functional groups attached to an aromatic ring is 1. The van der Waals surface area contributed by atoms with E-state index in [0.717, 1.165) is 6.20 Å². The first kappa shape index (κ1) is 10.8. The highest BCUT2D eigenvalue weighted by atomic mass is 35.5. The van der Waals surface area contributed by atoms with Gasteiger partial charge in [-0.15, -0.1) is 0 Å². The summed E-state index contributed by atoms with van der Waals surface area (Å²) in [5.74, 6) is -0.0346. The molecule has 0 unspecified atom stereocenters. The third-order valence-electron chi connectivity index (χ3n) is 2.37. The minimum absolute atomic E-state index is 0.147. The van der Waals surface area contributed by atoms with Crippen LogP contribution in [0.2, 0.25) is 5.02 Å². The zero-order valence-electron chi connectivity index (χ0n) is 8.85. The number of fused-ring (bicyclic) bond motifs is 1. The normalized spacial score (nSPS) is 11.0. The van der Waals surface area contributed by atoms with Gasteiger partial charge in [0.25, 0.3) is 0 Å². The van der Waals surface area contributed by atoms with Crippen molar-refractivity contribution in [3.05, 3.63) is 29.3 Å². The van der Waals surface area contributed by atoms with Crippen LogP contribution in [-0.2, 0) is 0 Å². The topological polar surface area (TPSA) is 93.4 Å². The predicted octanol–water partition coefficient (Wildman–Crippen LogP) is 1.79. The lowest BCUT2D eigenvalue weighted by molar-refractivity contribution is 0.624. The number of anilines is 1. The molecule has 0 aliphatic heterocycles. The fourth-order valence-corrected chi connectivity index (χ4v) is 1.64. The van der Waals surface area contributed by atoms with Crippen molar-refractivity contribution >= 4 is 28.5 Å². The van der Waals surface area contributed by atoms with Crippen molar-refractivity contribution in [2.75, 3.05) is 5.73 Å². The summed E-state index contributed by atoms with van der Waals surface area (Å²) in [6.45, 7) is 0. The van der Waals surface area contributed by atoms with E-state index in [1.807, 2.05) is 0 Å². The van der Waals surface area contributed by atoms with Gasteiger partial charge in [0.15, 0.2) is 11.5 Å². The molecule has 90 valence electrons. The molecule has 0 radical (unpaired) electrons. The second-order valence-corrected chi connectivity index (χ2v) is 3.96. The van der Waals surface area contributed by atoms with Crippen LogP contribution in [0.3, 0.4) is 0 Å². The lowest BCUT2D eigenvalue weighted by Gasteiger charge is -2.00. The van der Waals surface area contributed by atoms with Gasteiger partial charge >= 0.3 is 0 Å². The van der Waals surface area contributed by atoms with Crippen LogP contribution >= 0.6 is 11.6 Å². The summed E-state index contributed by atoms with van der Waals surface area (Å²) in [5, 5.41) is 7.37. The molecule has 3 heterocycles. The van der Waals surface area contributed by atoms with Crippen molar-refractivity contribution in [1.82, 2.24) is 25.1 Å². The maximum Gasteiger partial charge on any atom is 0.181 e. The summed E-state index contributed by atoms with van der Waals surface area (Å²) in [7, 11) is 0. The monoisotopic (exact) mass is 264 g/mol.